The van der Waals surface area contributed by atoms with Crippen LogP contribution in [0.4, 0.5) is 0 Å². The van der Waals surface area contributed by atoms with Gasteiger partial charge in [0.1, 0.15) is 0 Å². The summed E-state index contributed by atoms with van der Waals surface area (Å²) in [6, 6.07) is 7.44. The van der Waals surface area contributed by atoms with Crippen molar-refractivity contribution in [3.05, 3.63) is 34.9 Å². The van der Waals surface area contributed by atoms with E-state index in [0.29, 0.717) is 5.02 Å². The molecule has 112 valence electrons. The van der Waals surface area contributed by atoms with Crippen LogP contribution in [-0.4, -0.2) is 17.5 Å². The first-order valence-corrected chi connectivity index (χ1v) is 7.47. The van der Waals surface area contributed by atoms with Gasteiger partial charge in [0, 0.05) is 16.6 Å². The van der Waals surface area contributed by atoms with Crippen molar-refractivity contribution in [1.82, 2.24) is 10.6 Å². The molecule has 2 N–H and O–H groups in total. The van der Waals surface area contributed by atoms with Crippen LogP contribution in [0.1, 0.15) is 52.6 Å². The Bertz CT molecular complexity index is 460. The van der Waals surface area contributed by atoms with E-state index in [1.54, 1.807) is 0 Å². The highest BCUT2D eigenvalue weighted by atomic mass is 35.5. The van der Waals surface area contributed by atoms with Crippen LogP contribution in [0.25, 0.3) is 0 Å². The van der Waals surface area contributed by atoms with Crippen LogP contribution in [-0.2, 0) is 4.79 Å². The number of nitrogens with one attached hydrogen (secondary N) is 2. The summed E-state index contributed by atoms with van der Waals surface area (Å²) < 4.78 is 0. The number of amides is 1. The smallest absolute Gasteiger partial charge is 0.237 e. The van der Waals surface area contributed by atoms with Crippen molar-refractivity contribution in [2.75, 3.05) is 0 Å². The molecule has 0 heterocycles. The molecule has 1 aromatic rings. The fourth-order valence-corrected chi connectivity index (χ4v) is 2.20. The molecule has 0 fully saturated rings. The molecule has 0 bridgehead atoms. The molecule has 0 saturated heterocycles. The van der Waals surface area contributed by atoms with Gasteiger partial charge in [0.15, 0.2) is 0 Å². The molecule has 1 amide bonds. The second-order valence-electron chi connectivity index (χ2n) is 5.86. The number of rotatable bonds is 6. The molecule has 20 heavy (non-hydrogen) atoms. The molecule has 0 radical (unpaired) electrons. The lowest BCUT2D eigenvalue weighted by Crippen LogP contribution is -2.51. The average molecular weight is 297 g/mol. The van der Waals surface area contributed by atoms with E-state index in [9.17, 15) is 4.79 Å². The Morgan fingerprint density at radius 2 is 1.90 bits per heavy atom. The second kappa shape index (κ2) is 7.09. The van der Waals surface area contributed by atoms with Gasteiger partial charge in [0.05, 0.1) is 6.04 Å². The van der Waals surface area contributed by atoms with Gasteiger partial charge < -0.3 is 5.32 Å². The third kappa shape index (κ3) is 4.80. The standard InChI is InChI=1S/C16H25ClN2O/c1-6-16(4,5)19-15(20)12(3)18-11(2)13-9-7-8-10-14(13)17/h7-12,18H,6H2,1-5H3,(H,19,20)/t11-,12?/m0/s1. The topological polar surface area (TPSA) is 41.1 Å². The fourth-order valence-electron chi connectivity index (χ4n) is 1.90. The maximum Gasteiger partial charge on any atom is 0.237 e. The molecule has 2 atom stereocenters. The van der Waals surface area contributed by atoms with E-state index in [0.717, 1.165) is 12.0 Å². The van der Waals surface area contributed by atoms with Gasteiger partial charge in [-0.2, -0.15) is 0 Å². The van der Waals surface area contributed by atoms with Crippen LogP contribution in [0.15, 0.2) is 24.3 Å². The van der Waals surface area contributed by atoms with Crippen LogP contribution in [0, 0.1) is 0 Å². The number of carbonyl (C=O) groups excluding carboxylic acids is 1. The Balaban J connectivity index is 2.64. The van der Waals surface area contributed by atoms with Crippen LogP contribution >= 0.6 is 11.6 Å². The number of halogens is 1. The second-order valence-corrected chi connectivity index (χ2v) is 6.27. The number of benzene rings is 1. The Hall–Kier alpha value is -1.06. The first-order valence-electron chi connectivity index (χ1n) is 7.09. The van der Waals surface area contributed by atoms with Crippen LogP contribution < -0.4 is 10.6 Å². The zero-order chi connectivity index (χ0) is 15.3. The minimum absolute atomic E-state index is 0.00996. The maximum atomic E-state index is 12.2. The Kier molecular flexibility index (Phi) is 6.03. The normalized spacial score (nSPS) is 14.7. The van der Waals surface area contributed by atoms with Gasteiger partial charge >= 0.3 is 0 Å². The van der Waals surface area contributed by atoms with Gasteiger partial charge in [-0.15, -0.1) is 0 Å². The van der Waals surface area contributed by atoms with Crippen molar-refractivity contribution in [2.45, 2.75) is 58.7 Å². The summed E-state index contributed by atoms with van der Waals surface area (Å²) >= 11 is 6.17. The average Bonchev–Trinajstić information content (AvgIpc) is 2.38. The summed E-state index contributed by atoms with van der Waals surface area (Å²) in [7, 11) is 0. The van der Waals surface area contributed by atoms with E-state index in [-0.39, 0.29) is 23.5 Å². The highest BCUT2D eigenvalue weighted by Crippen LogP contribution is 2.22. The molecule has 0 aliphatic carbocycles. The van der Waals surface area contributed by atoms with Crippen molar-refractivity contribution in [2.24, 2.45) is 0 Å². The molecule has 0 spiro atoms. The van der Waals surface area contributed by atoms with Gasteiger partial charge in [0.2, 0.25) is 5.91 Å². The monoisotopic (exact) mass is 296 g/mol. The van der Waals surface area contributed by atoms with Crippen molar-refractivity contribution in [3.63, 3.8) is 0 Å². The lowest BCUT2D eigenvalue weighted by Gasteiger charge is -2.28. The van der Waals surface area contributed by atoms with E-state index in [1.165, 1.54) is 0 Å². The summed E-state index contributed by atoms with van der Waals surface area (Å²) in [5, 5.41) is 7.05. The predicted molar refractivity (Wildman–Crippen MR) is 85.0 cm³/mol. The molecule has 0 saturated carbocycles. The van der Waals surface area contributed by atoms with Gasteiger partial charge in [0.25, 0.3) is 0 Å². The van der Waals surface area contributed by atoms with E-state index in [4.69, 9.17) is 11.6 Å². The first-order chi connectivity index (χ1) is 9.26. The van der Waals surface area contributed by atoms with Gasteiger partial charge in [-0.3, -0.25) is 10.1 Å². The van der Waals surface area contributed by atoms with Crippen molar-refractivity contribution < 1.29 is 4.79 Å². The minimum Gasteiger partial charge on any atom is -0.350 e. The lowest BCUT2D eigenvalue weighted by atomic mass is 10.0. The molecular weight excluding hydrogens is 272 g/mol. The molecule has 0 aliphatic heterocycles. The van der Waals surface area contributed by atoms with Crippen LogP contribution in [0.3, 0.4) is 0 Å². The molecule has 3 nitrogen and oxygen atoms in total. The number of carbonyl (C=O) groups is 1. The molecule has 0 aliphatic rings. The van der Waals surface area contributed by atoms with Gasteiger partial charge in [-0.25, -0.2) is 0 Å². The largest absolute Gasteiger partial charge is 0.350 e. The highest BCUT2D eigenvalue weighted by Gasteiger charge is 2.23. The quantitative estimate of drug-likeness (QED) is 0.841. The van der Waals surface area contributed by atoms with Crippen molar-refractivity contribution in [1.29, 1.82) is 0 Å². The predicted octanol–water partition coefficient (Wildman–Crippen LogP) is 3.68. The zero-order valence-electron chi connectivity index (χ0n) is 13.0. The van der Waals surface area contributed by atoms with Crippen molar-refractivity contribution in [3.8, 4) is 0 Å². The van der Waals surface area contributed by atoms with E-state index in [2.05, 4.69) is 17.6 Å². The lowest BCUT2D eigenvalue weighted by molar-refractivity contribution is -0.124. The van der Waals surface area contributed by atoms with Crippen molar-refractivity contribution >= 4 is 17.5 Å². The first kappa shape index (κ1) is 17.0. The van der Waals surface area contributed by atoms with E-state index in [1.807, 2.05) is 52.0 Å². The summed E-state index contributed by atoms with van der Waals surface area (Å²) in [4.78, 5) is 12.2. The summed E-state index contributed by atoms with van der Waals surface area (Å²) in [5.41, 5.74) is 0.823. The molecule has 1 aromatic carbocycles. The third-order valence-electron chi connectivity index (χ3n) is 3.61. The van der Waals surface area contributed by atoms with E-state index < -0.39 is 0 Å². The Morgan fingerprint density at radius 3 is 2.45 bits per heavy atom. The van der Waals surface area contributed by atoms with Gasteiger partial charge in [-0.05, 0) is 45.7 Å². The minimum atomic E-state index is -0.271. The summed E-state index contributed by atoms with van der Waals surface area (Å²) in [6.45, 7) is 9.99. The summed E-state index contributed by atoms with van der Waals surface area (Å²) in [5.74, 6) is 0.00996. The molecular formula is C16H25ClN2O. The Labute approximate surface area is 127 Å². The highest BCUT2D eigenvalue weighted by molar-refractivity contribution is 6.31. The molecule has 1 unspecified atom stereocenters. The third-order valence-corrected chi connectivity index (χ3v) is 3.95. The molecule has 4 heteroatoms. The van der Waals surface area contributed by atoms with Gasteiger partial charge in [-0.1, -0.05) is 36.7 Å². The molecule has 0 aromatic heterocycles. The fraction of sp³-hybridized carbons (Fsp3) is 0.562. The summed E-state index contributed by atoms with van der Waals surface area (Å²) in [6.07, 6.45) is 0.894. The number of hydrogen-bond acceptors (Lipinski definition) is 2. The molecule has 1 rings (SSSR count). The Morgan fingerprint density at radius 1 is 1.30 bits per heavy atom. The van der Waals surface area contributed by atoms with Crippen LogP contribution in [0.5, 0.6) is 0 Å². The zero-order valence-corrected chi connectivity index (χ0v) is 13.7. The van der Waals surface area contributed by atoms with Crippen LogP contribution in [0.2, 0.25) is 5.02 Å². The van der Waals surface area contributed by atoms with E-state index >= 15 is 0 Å². The number of hydrogen-bond donors (Lipinski definition) is 2. The maximum absolute atomic E-state index is 12.2. The SMILES string of the molecule is CCC(C)(C)NC(=O)C(C)N[C@@H](C)c1ccccc1Cl.